The number of nitrogens with zero attached hydrogens (tertiary/aromatic N) is 1. The number of hydrogen-bond acceptors (Lipinski definition) is 3. The maximum absolute atomic E-state index is 11.9. The lowest BCUT2D eigenvalue weighted by molar-refractivity contribution is 0.0767. The lowest BCUT2D eigenvalue weighted by atomic mass is 10.2. The average molecular weight is 251 g/mol. The van der Waals surface area contributed by atoms with Gasteiger partial charge in [-0.05, 0) is 37.6 Å². The first kappa shape index (κ1) is 14.5. The number of carbonyl (C=O) groups is 1. The second kappa shape index (κ2) is 7.01. The highest BCUT2D eigenvalue weighted by Crippen LogP contribution is 2.15. The Kier molecular flexibility index (Phi) is 5.65. The molecule has 0 aliphatic rings. The minimum Gasteiger partial charge on any atom is -0.491 e. The molecule has 0 radical (unpaired) electrons. The predicted octanol–water partition coefficient (Wildman–Crippen LogP) is 1.93. The van der Waals surface area contributed by atoms with Gasteiger partial charge in [-0.1, -0.05) is 6.92 Å². The Bertz CT molecular complexity index is 375. The Labute approximate surface area is 108 Å². The summed E-state index contributed by atoms with van der Waals surface area (Å²) < 4.78 is 5.64. The summed E-state index contributed by atoms with van der Waals surface area (Å²) in [6, 6.07) is 7.08. The maximum Gasteiger partial charge on any atom is 0.253 e. The van der Waals surface area contributed by atoms with Crippen LogP contribution >= 0.6 is 0 Å². The van der Waals surface area contributed by atoms with E-state index in [1.165, 1.54) is 4.90 Å². The van der Waals surface area contributed by atoms with Crippen molar-refractivity contribution in [3.05, 3.63) is 29.8 Å². The molecule has 1 N–H and O–H groups in total. The summed E-state index contributed by atoms with van der Waals surface area (Å²) >= 11 is 0. The standard InChI is InChI=1S/C14H21NO3/c1-4-11(2)18-13-7-5-12(6-8-13)14(17)15(3)9-10-16/h5-8,11,16H,4,9-10H2,1-3H3. The van der Waals surface area contributed by atoms with Gasteiger partial charge in [0.15, 0.2) is 0 Å². The van der Waals surface area contributed by atoms with Crippen molar-refractivity contribution in [3.63, 3.8) is 0 Å². The van der Waals surface area contributed by atoms with Crippen LogP contribution in [0.3, 0.4) is 0 Å². The van der Waals surface area contributed by atoms with Crippen LogP contribution in [-0.2, 0) is 0 Å². The van der Waals surface area contributed by atoms with Crippen LogP contribution in [0, 0.1) is 0 Å². The van der Waals surface area contributed by atoms with Gasteiger partial charge in [0.05, 0.1) is 12.7 Å². The summed E-state index contributed by atoms with van der Waals surface area (Å²) in [5, 5.41) is 8.79. The number of rotatable bonds is 6. The van der Waals surface area contributed by atoms with Crippen LogP contribution in [0.4, 0.5) is 0 Å². The number of hydrogen-bond donors (Lipinski definition) is 1. The molecule has 0 spiro atoms. The Balaban J connectivity index is 2.67. The lowest BCUT2D eigenvalue weighted by Crippen LogP contribution is -2.29. The van der Waals surface area contributed by atoms with Crippen LogP contribution in [-0.4, -0.2) is 42.2 Å². The molecule has 0 fully saturated rings. The van der Waals surface area contributed by atoms with Gasteiger partial charge in [-0.25, -0.2) is 0 Å². The van der Waals surface area contributed by atoms with Gasteiger partial charge in [-0.15, -0.1) is 0 Å². The summed E-state index contributed by atoms with van der Waals surface area (Å²) in [6.07, 6.45) is 1.11. The van der Waals surface area contributed by atoms with E-state index in [9.17, 15) is 4.79 Å². The van der Waals surface area contributed by atoms with Crippen molar-refractivity contribution in [2.75, 3.05) is 20.2 Å². The van der Waals surface area contributed by atoms with E-state index in [-0.39, 0.29) is 18.6 Å². The number of benzene rings is 1. The number of aliphatic hydroxyl groups excluding tert-OH is 1. The quantitative estimate of drug-likeness (QED) is 0.840. The normalized spacial score (nSPS) is 12.0. The van der Waals surface area contributed by atoms with Crippen molar-refractivity contribution in [1.82, 2.24) is 4.90 Å². The topological polar surface area (TPSA) is 49.8 Å². The van der Waals surface area contributed by atoms with E-state index in [4.69, 9.17) is 9.84 Å². The molecule has 4 heteroatoms. The molecule has 100 valence electrons. The van der Waals surface area contributed by atoms with Crippen molar-refractivity contribution >= 4 is 5.91 Å². The minimum absolute atomic E-state index is 0.0303. The molecule has 1 amide bonds. The van der Waals surface area contributed by atoms with E-state index < -0.39 is 0 Å². The smallest absolute Gasteiger partial charge is 0.253 e. The third-order valence-electron chi connectivity index (χ3n) is 2.80. The van der Waals surface area contributed by atoms with Crippen LogP contribution in [0.25, 0.3) is 0 Å². The molecule has 0 saturated carbocycles. The van der Waals surface area contributed by atoms with Crippen molar-refractivity contribution in [3.8, 4) is 5.75 Å². The van der Waals surface area contributed by atoms with Crippen LogP contribution in [0.2, 0.25) is 0 Å². The first-order valence-electron chi connectivity index (χ1n) is 6.21. The SMILES string of the molecule is CCC(C)Oc1ccc(C(=O)N(C)CCO)cc1. The van der Waals surface area contributed by atoms with Gasteiger partial charge in [-0.2, -0.15) is 0 Å². The van der Waals surface area contributed by atoms with Crippen LogP contribution in [0.5, 0.6) is 5.75 Å². The van der Waals surface area contributed by atoms with Gasteiger partial charge in [0.25, 0.3) is 5.91 Å². The molecular formula is C14H21NO3. The Morgan fingerprint density at radius 3 is 2.50 bits per heavy atom. The summed E-state index contributed by atoms with van der Waals surface area (Å²) in [5.41, 5.74) is 0.599. The summed E-state index contributed by atoms with van der Waals surface area (Å²) in [4.78, 5) is 13.4. The second-order valence-corrected chi connectivity index (χ2v) is 4.31. The van der Waals surface area contributed by atoms with E-state index in [2.05, 4.69) is 6.92 Å². The van der Waals surface area contributed by atoms with E-state index in [0.29, 0.717) is 12.1 Å². The van der Waals surface area contributed by atoms with Crippen molar-refractivity contribution < 1.29 is 14.6 Å². The monoisotopic (exact) mass is 251 g/mol. The van der Waals surface area contributed by atoms with Crippen molar-refractivity contribution in [2.45, 2.75) is 26.4 Å². The Morgan fingerprint density at radius 1 is 1.39 bits per heavy atom. The third kappa shape index (κ3) is 4.04. The minimum atomic E-state index is -0.0980. The molecule has 0 saturated heterocycles. The fourth-order valence-corrected chi connectivity index (χ4v) is 1.46. The maximum atomic E-state index is 11.9. The van der Waals surface area contributed by atoms with Gasteiger partial charge in [0.1, 0.15) is 5.75 Å². The van der Waals surface area contributed by atoms with Gasteiger partial charge < -0.3 is 14.7 Å². The highest BCUT2D eigenvalue weighted by molar-refractivity contribution is 5.94. The fourth-order valence-electron chi connectivity index (χ4n) is 1.46. The third-order valence-corrected chi connectivity index (χ3v) is 2.80. The molecule has 0 aliphatic heterocycles. The summed E-state index contributed by atoms with van der Waals surface area (Å²) in [7, 11) is 1.67. The Morgan fingerprint density at radius 2 is 2.00 bits per heavy atom. The summed E-state index contributed by atoms with van der Waals surface area (Å²) in [5.74, 6) is 0.671. The number of carbonyl (C=O) groups excluding carboxylic acids is 1. The lowest BCUT2D eigenvalue weighted by Gasteiger charge is -2.16. The van der Waals surface area contributed by atoms with E-state index in [1.54, 1.807) is 31.3 Å². The zero-order valence-corrected chi connectivity index (χ0v) is 11.2. The van der Waals surface area contributed by atoms with Crippen LogP contribution in [0.15, 0.2) is 24.3 Å². The van der Waals surface area contributed by atoms with Crippen LogP contribution < -0.4 is 4.74 Å². The van der Waals surface area contributed by atoms with E-state index >= 15 is 0 Å². The number of ether oxygens (including phenoxy) is 1. The van der Waals surface area contributed by atoms with Crippen molar-refractivity contribution in [2.24, 2.45) is 0 Å². The first-order valence-corrected chi connectivity index (χ1v) is 6.21. The predicted molar refractivity (Wildman–Crippen MR) is 70.9 cm³/mol. The molecule has 1 rings (SSSR count). The van der Waals surface area contributed by atoms with Crippen LogP contribution in [0.1, 0.15) is 30.6 Å². The van der Waals surface area contributed by atoms with Crippen molar-refractivity contribution in [1.29, 1.82) is 0 Å². The summed E-state index contributed by atoms with van der Waals surface area (Å²) in [6.45, 7) is 4.38. The van der Waals surface area contributed by atoms with E-state index in [1.807, 2.05) is 6.92 Å². The molecule has 0 heterocycles. The highest BCUT2D eigenvalue weighted by atomic mass is 16.5. The van der Waals surface area contributed by atoms with E-state index in [0.717, 1.165) is 12.2 Å². The average Bonchev–Trinajstić information content (AvgIpc) is 2.39. The largest absolute Gasteiger partial charge is 0.491 e. The number of likely N-dealkylation sites (N-methyl/N-ethyl adjacent to an activating group) is 1. The molecular weight excluding hydrogens is 230 g/mol. The fraction of sp³-hybridized carbons (Fsp3) is 0.500. The molecule has 1 atom stereocenters. The molecule has 1 aromatic carbocycles. The molecule has 0 aliphatic carbocycles. The first-order chi connectivity index (χ1) is 8.58. The number of aliphatic hydroxyl groups is 1. The zero-order chi connectivity index (χ0) is 13.5. The highest BCUT2D eigenvalue weighted by Gasteiger charge is 2.11. The zero-order valence-electron chi connectivity index (χ0n) is 11.2. The Hall–Kier alpha value is -1.55. The van der Waals surface area contributed by atoms with Gasteiger partial charge in [0.2, 0.25) is 0 Å². The van der Waals surface area contributed by atoms with Gasteiger partial charge >= 0.3 is 0 Å². The van der Waals surface area contributed by atoms with Gasteiger partial charge in [0, 0.05) is 19.2 Å². The molecule has 4 nitrogen and oxygen atoms in total. The molecule has 0 bridgehead atoms. The number of amides is 1. The molecule has 18 heavy (non-hydrogen) atoms. The molecule has 0 aromatic heterocycles. The second-order valence-electron chi connectivity index (χ2n) is 4.31. The molecule has 1 aromatic rings. The molecule has 1 unspecified atom stereocenters. The van der Waals surface area contributed by atoms with Gasteiger partial charge in [-0.3, -0.25) is 4.79 Å².